The molecule has 0 saturated carbocycles. The van der Waals surface area contributed by atoms with Crippen molar-refractivity contribution in [3.8, 4) is 0 Å². The molecule has 0 heterocycles. The average molecular weight is 303 g/mol. The van der Waals surface area contributed by atoms with Crippen molar-refractivity contribution in [2.75, 3.05) is 0 Å². The molecular formula is C12H21N3O6. The average Bonchev–Trinajstić information content (AvgIpc) is 2.35. The Morgan fingerprint density at radius 3 is 1.90 bits per heavy atom. The molecule has 0 bridgehead atoms. The van der Waals surface area contributed by atoms with Crippen LogP contribution in [0.3, 0.4) is 0 Å². The Morgan fingerprint density at radius 1 is 1.00 bits per heavy atom. The van der Waals surface area contributed by atoms with Gasteiger partial charge in [-0.05, 0) is 12.8 Å². The number of carbonyl (C=O) groups is 4. The lowest BCUT2D eigenvalue weighted by molar-refractivity contribution is -0.147. The van der Waals surface area contributed by atoms with Crippen molar-refractivity contribution in [1.29, 1.82) is 0 Å². The van der Waals surface area contributed by atoms with Gasteiger partial charge in [0.2, 0.25) is 11.8 Å². The van der Waals surface area contributed by atoms with Crippen molar-refractivity contribution in [1.82, 2.24) is 10.6 Å². The number of carboxylic acid groups (broad SMARTS) is 2. The van der Waals surface area contributed by atoms with E-state index in [0.29, 0.717) is 0 Å². The van der Waals surface area contributed by atoms with Gasteiger partial charge in [0.15, 0.2) is 0 Å². The lowest BCUT2D eigenvalue weighted by Gasteiger charge is -2.20. The third-order valence-corrected chi connectivity index (χ3v) is 2.77. The van der Waals surface area contributed by atoms with E-state index in [1.165, 1.54) is 6.92 Å². The second-order valence-electron chi connectivity index (χ2n) is 5.00. The van der Waals surface area contributed by atoms with Crippen LogP contribution in [0.2, 0.25) is 0 Å². The quantitative estimate of drug-likeness (QED) is 0.365. The van der Waals surface area contributed by atoms with E-state index in [0.717, 1.165) is 0 Å². The summed E-state index contributed by atoms with van der Waals surface area (Å²) in [6.07, 6.45) is -0.757. The van der Waals surface area contributed by atoms with Crippen LogP contribution in [0.4, 0.5) is 0 Å². The standard InChI is InChI=1S/C12H21N3O6/c1-5(2)9(13)11(19)14-6(3)10(18)15-7(12(20)21)4-8(16)17/h5-7,9H,4,13H2,1-3H3,(H,14,19)(H,15,18)(H,16,17)(H,20,21). The van der Waals surface area contributed by atoms with Gasteiger partial charge in [-0.1, -0.05) is 13.8 Å². The van der Waals surface area contributed by atoms with Gasteiger partial charge in [-0.15, -0.1) is 0 Å². The summed E-state index contributed by atoms with van der Waals surface area (Å²) in [5.41, 5.74) is 5.61. The second-order valence-corrected chi connectivity index (χ2v) is 5.00. The Balaban J connectivity index is 4.59. The van der Waals surface area contributed by atoms with Crippen LogP contribution >= 0.6 is 0 Å². The number of carbonyl (C=O) groups excluding carboxylic acids is 2. The molecule has 21 heavy (non-hydrogen) atoms. The zero-order valence-electron chi connectivity index (χ0n) is 12.1. The van der Waals surface area contributed by atoms with E-state index >= 15 is 0 Å². The highest BCUT2D eigenvalue weighted by molar-refractivity contribution is 5.92. The lowest BCUT2D eigenvalue weighted by atomic mass is 10.0. The first-order chi connectivity index (χ1) is 9.56. The molecule has 120 valence electrons. The van der Waals surface area contributed by atoms with E-state index in [2.05, 4.69) is 5.32 Å². The Labute approximate surface area is 121 Å². The Hall–Kier alpha value is -2.16. The van der Waals surface area contributed by atoms with Crippen molar-refractivity contribution in [2.24, 2.45) is 11.7 Å². The van der Waals surface area contributed by atoms with E-state index in [9.17, 15) is 19.2 Å². The fraction of sp³-hybridized carbons (Fsp3) is 0.667. The monoisotopic (exact) mass is 303 g/mol. The molecule has 0 spiro atoms. The third-order valence-electron chi connectivity index (χ3n) is 2.77. The summed E-state index contributed by atoms with van der Waals surface area (Å²) in [6.45, 7) is 4.82. The van der Waals surface area contributed by atoms with Gasteiger partial charge in [-0.3, -0.25) is 14.4 Å². The Kier molecular flexibility index (Phi) is 7.36. The topological polar surface area (TPSA) is 159 Å². The summed E-state index contributed by atoms with van der Waals surface area (Å²) in [5, 5.41) is 21.8. The predicted molar refractivity (Wildman–Crippen MR) is 72.2 cm³/mol. The van der Waals surface area contributed by atoms with Gasteiger partial charge >= 0.3 is 11.9 Å². The summed E-state index contributed by atoms with van der Waals surface area (Å²) >= 11 is 0. The molecule has 0 aromatic rings. The predicted octanol–water partition coefficient (Wildman–Crippen LogP) is -1.48. The molecule has 0 rings (SSSR count). The number of nitrogens with two attached hydrogens (primary N) is 1. The molecule has 0 fully saturated rings. The van der Waals surface area contributed by atoms with Gasteiger partial charge in [0.25, 0.3) is 0 Å². The zero-order valence-corrected chi connectivity index (χ0v) is 12.1. The van der Waals surface area contributed by atoms with Crippen molar-refractivity contribution in [3.63, 3.8) is 0 Å². The minimum Gasteiger partial charge on any atom is -0.481 e. The van der Waals surface area contributed by atoms with Gasteiger partial charge in [0.1, 0.15) is 12.1 Å². The maximum Gasteiger partial charge on any atom is 0.326 e. The Morgan fingerprint density at radius 2 is 1.52 bits per heavy atom. The van der Waals surface area contributed by atoms with Crippen LogP contribution in [-0.2, 0) is 19.2 Å². The summed E-state index contributed by atoms with van der Waals surface area (Å²) in [5.74, 6) is -4.30. The first-order valence-corrected chi connectivity index (χ1v) is 6.37. The maximum atomic E-state index is 11.7. The first-order valence-electron chi connectivity index (χ1n) is 6.37. The van der Waals surface area contributed by atoms with Crippen LogP contribution in [-0.4, -0.2) is 52.1 Å². The van der Waals surface area contributed by atoms with E-state index in [-0.39, 0.29) is 5.92 Å². The molecular weight excluding hydrogens is 282 g/mol. The SMILES string of the molecule is CC(NC(=O)C(N)C(C)C)C(=O)NC(CC(=O)O)C(=O)O. The van der Waals surface area contributed by atoms with Crippen molar-refractivity contribution >= 4 is 23.8 Å². The second kappa shape index (κ2) is 8.20. The number of nitrogens with one attached hydrogen (secondary N) is 2. The number of carboxylic acids is 2. The molecule has 2 amide bonds. The minimum absolute atomic E-state index is 0.126. The maximum absolute atomic E-state index is 11.7. The van der Waals surface area contributed by atoms with Crippen molar-refractivity contribution < 1.29 is 29.4 Å². The van der Waals surface area contributed by atoms with Gasteiger partial charge in [0, 0.05) is 0 Å². The molecule has 3 atom stereocenters. The number of hydrogen-bond acceptors (Lipinski definition) is 5. The highest BCUT2D eigenvalue weighted by atomic mass is 16.4. The number of aliphatic carboxylic acids is 2. The molecule has 0 aromatic carbocycles. The van der Waals surface area contributed by atoms with E-state index < -0.39 is 48.3 Å². The van der Waals surface area contributed by atoms with Gasteiger partial charge < -0.3 is 26.6 Å². The normalized spacial score (nSPS) is 14.9. The van der Waals surface area contributed by atoms with Crippen molar-refractivity contribution in [3.05, 3.63) is 0 Å². The van der Waals surface area contributed by atoms with Crippen LogP contribution in [0.15, 0.2) is 0 Å². The molecule has 0 aliphatic heterocycles. The molecule has 0 saturated heterocycles. The molecule has 9 nitrogen and oxygen atoms in total. The Bertz CT molecular complexity index is 423. The van der Waals surface area contributed by atoms with Gasteiger partial charge in [-0.2, -0.15) is 0 Å². The molecule has 3 unspecified atom stereocenters. The van der Waals surface area contributed by atoms with E-state index in [1.807, 2.05) is 5.32 Å². The smallest absolute Gasteiger partial charge is 0.326 e. The van der Waals surface area contributed by atoms with E-state index in [4.69, 9.17) is 15.9 Å². The molecule has 6 N–H and O–H groups in total. The van der Waals surface area contributed by atoms with Gasteiger partial charge in [-0.25, -0.2) is 4.79 Å². The largest absolute Gasteiger partial charge is 0.481 e. The fourth-order valence-corrected chi connectivity index (χ4v) is 1.35. The van der Waals surface area contributed by atoms with Crippen molar-refractivity contribution in [2.45, 2.75) is 45.3 Å². The van der Waals surface area contributed by atoms with Crippen LogP contribution in [0.5, 0.6) is 0 Å². The fourth-order valence-electron chi connectivity index (χ4n) is 1.35. The summed E-state index contributed by atoms with van der Waals surface area (Å²) in [7, 11) is 0. The van der Waals surface area contributed by atoms with Crippen LogP contribution < -0.4 is 16.4 Å². The third kappa shape index (κ3) is 6.70. The molecule has 0 aromatic heterocycles. The summed E-state index contributed by atoms with van der Waals surface area (Å²) < 4.78 is 0. The van der Waals surface area contributed by atoms with Crippen LogP contribution in [0.1, 0.15) is 27.2 Å². The first kappa shape index (κ1) is 18.8. The lowest BCUT2D eigenvalue weighted by Crippen LogP contribution is -2.54. The van der Waals surface area contributed by atoms with Gasteiger partial charge in [0.05, 0.1) is 12.5 Å². The molecule has 0 aliphatic rings. The molecule has 0 aliphatic carbocycles. The summed E-state index contributed by atoms with van der Waals surface area (Å²) in [4.78, 5) is 44.7. The van der Waals surface area contributed by atoms with Crippen LogP contribution in [0, 0.1) is 5.92 Å². The zero-order chi connectivity index (χ0) is 16.7. The molecule has 0 radical (unpaired) electrons. The summed E-state index contributed by atoms with van der Waals surface area (Å²) in [6, 6.07) is -3.39. The number of rotatable bonds is 8. The highest BCUT2D eigenvalue weighted by Gasteiger charge is 2.27. The number of amides is 2. The van der Waals surface area contributed by atoms with E-state index in [1.54, 1.807) is 13.8 Å². The number of hydrogen-bond donors (Lipinski definition) is 5. The van der Waals surface area contributed by atoms with Crippen LogP contribution in [0.25, 0.3) is 0 Å². The molecule has 9 heteroatoms. The highest BCUT2D eigenvalue weighted by Crippen LogP contribution is 1.99. The minimum atomic E-state index is -1.56.